The molecule has 0 saturated heterocycles. The van der Waals surface area contributed by atoms with Crippen molar-refractivity contribution in [2.24, 2.45) is 5.73 Å². The molecule has 0 heterocycles. The Labute approximate surface area is 110 Å². The number of rotatable bonds is 8. The lowest BCUT2D eigenvalue weighted by Gasteiger charge is -2.22. The zero-order valence-corrected chi connectivity index (χ0v) is 11.7. The number of methoxy groups -OCH3 is 1. The molecule has 2 N–H and O–H groups in total. The molecule has 0 bridgehead atoms. The average Bonchev–Trinajstić information content (AvgIpc) is 2.38. The maximum Gasteiger partial charge on any atom is 0.119 e. The predicted octanol–water partition coefficient (Wildman–Crippen LogP) is 3.29. The topological polar surface area (TPSA) is 44.5 Å². The molecule has 0 aliphatic heterocycles. The summed E-state index contributed by atoms with van der Waals surface area (Å²) in [5.41, 5.74) is 7.09. The first kappa shape index (κ1) is 15.0. The quantitative estimate of drug-likeness (QED) is 0.721. The van der Waals surface area contributed by atoms with Crippen LogP contribution in [0.1, 0.15) is 44.8 Å². The standard InChI is InChI=1S/C15H25NO2/c1-4-5-6-10-18-15(12(2)16)13-8-7-9-14(11-13)17-3/h7-9,11-12,15H,4-6,10,16H2,1-3H3. The molecule has 0 amide bonds. The Hall–Kier alpha value is -1.06. The van der Waals surface area contributed by atoms with Crippen molar-refractivity contribution in [2.75, 3.05) is 13.7 Å². The van der Waals surface area contributed by atoms with Crippen LogP contribution in [-0.2, 0) is 4.74 Å². The van der Waals surface area contributed by atoms with Crippen LogP contribution in [0.25, 0.3) is 0 Å². The molecule has 102 valence electrons. The monoisotopic (exact) mass is 251 g/mol. The van der Waals surface area contributed by atoms with E-state index in [1.54, 1.807) is 7.11 Å². The van der Waals surface area contributed by atoms with Crippen molar-refractivity contribution in [1.29, 1.82) is 0 Å². The summed E-state index contributed by atoms with van der Waals surface area (Å²) in [6.07, 6.45) is 3.43. The third-order valence-corrected chi connectivity index (χ3v) is 2.95. The number of nitrogens with two attached hydrogens (primary N) is 1. The van der Waals surface area contributed by atoms with Gasteiger partial charge in [-0.25, -0.2) is 0 Å². The molecule has 3 nitrogen and oxygen atoms in total. The second kappa shape index (κ2) is 8.11. The van der Waals surface area contributed by atoms with Gasteiger partial charge in [0.25, 0.3) is 0 Å². The van der Waals surface area contributed by atoms with Gasteiger partial charge in [-0.1, -0.05) is 31.9 Å². The summed E-state index contributed by atoms with van der Waals surface area (Å²) in [5.74, 6) is 0.843. The van der Waals surface area contributed by atoms with Crippen molar-refractivity contribution in [2.45, 2.75) is 45.3 Å². The maximum atomic E-state index is 6.01. The minimum Gasteiger partial charge on any atom is -0.497 e. The predicted molar refractivity (Wildman–Crippen MR) is 74.9 cm³/mol. The third kappa shape index (κ3) is 4.67. The highest BCUT2D eigenvalue weighted by Crippen LogP contribution is 2.24. The molecule has 2 unspecified atom stereocenters. The van der Waals surface area contributed by atoms with Crippen molar-refractivity contribution >= 4 is 0 Å². The van der Waals surface area contributed by atoms with E-state index in [-0.39, 0.29) is 12.1 Å². The molecule has 0 aliphatic carbocycles. The Morgan fingerprint density at radius 2 is 2.06 bits per heavy atom. The van der Waals surface area contributed by atoms with Gasteiger partial charge in [-0.3, -0.25) is 0 Å². The van der Waals surface area contributed by atoms with E-state index in [4.69, 9.17) is 15.2 Å². The van der Waals surface area contributed by atoms with Crippen LogP contribution in [0.5, 0.6) is 5.75 Å². The normalized spacial score (nSPS) is 14.2. The summed E-state index contributed by atoms with van der Waals surface area (Å²) < 4.78 is 11.1. The maximum absolute atomic E-state index is 6.01. The first-order valence-electron chi connectivity index (χ1n) is 6.70. The molecule has 3 heteroatoms. The smallest absolute Gasteiger partial charge is 0.119 e. The number of unbranched alkanes of at least 4 members (excludes halogenated alkanes) is 2. The minimum absolute atomic E-state index is 0.0290. The third-order valence-electron chi connectivity index (χ3n) is 2.95. The van der Waals surface area contributed by atoms with Crippen LogP contribution < -0.4 is 10.5 Å². The largest absolute Gasteiger partial charge is 0.497 e. The lowest BCUT2D eigenvalue weighted by atomic mass is 10.0. The molecule has 0 aromatic heterocycles. The molecule has 2 atom stereocenters. The summed E-state index contributed by atoms with van der Waals surface area (Å²) in [4.78, 5) is 0. The van der Waals surface area contributed by atoms with Crippen LogP contribution in [-0.4, -0.2) is 19.8 Å². The Morgan fingerprint density at radius 3 is 2.67 bits per heavy atom. The summed E-state index contributed by atoms with van der Waals surface area (Å²) in [6, 6.07) is 7.90. The molecule has 0 radical (unpaired) electrons. The highest BCUT2D eigenvalue weighted by molar-refractivity contribution is 5.30. The van der Waals surface area contributed by atoms with Crippen molar-refractivity contribution in [3.63, 3.8) is 0 Å². The van der Waals surface area contributed by atoms with Gasteiger partial charge in [-0.05, 0) is 31.0 Å². The van der Waals surface area contributed by atoms with Gasteiger partial charge in [-0.2, -0.15) is 0 Å². The first-order chi connectivity index (χ1) is 8.69. The fraction of sp³-hybridized carbons (Fsp3) is 0.600. The summed E-state index contributed by atoms with van der Waals surface area (Å²) in [5, 5.41) is 0. The molecule has 0 saturated carbocycles. The molecule has 1 aromatic carbocycles. The van der Waals surface area contributed by atoms with Crippen LogP contribution in [0.15, 0.2) is 24.3 Å². The molecular formula is C15H25NO2. The van der Waals surface area contributed by atoms with E-state index >= 15 is 0 Å². The van der Waals surface area contributed by atoms with E-state index in [0.717, 1.165) is 24.3 Å². The van der Waals surface area contributed by atoms with Crippen molar-refractivity contribution in [3.8, 4) is 5.75 Å². The molecule has 1 rings (SSSR count). The number of ether oxygens (including phenoxy) is 2. The minimum atomic E-state index is -0.0584. The van der Waals surface area contributed by atoms with Crippen LogP contribution in [0.2, 0.25) is 0 Å². The zero-order chi connectivity index (χ0) is 13.4. The van der Waals surface area contributed by atoms with Crippen molar-refractivity contribution in [3.05, 3.63) is 29.8 Å². The molecule has 0 spiro atoms. The summed E-state index contributed by atoms with van der Waals surface area (Å²) in [7, 11) is 1.67. The van der Waals surface area contributed by atoms with Crippen molar-refractivity contribution in [1.82, 2.24) is 0 Å². The molecule has 0 aliphatic rings. The van der Waals surface area contributed by atoms with Gasteiger partial charge in [0.05, 0.1) is 13.2 Å². The Balaban J connectivity index is 2.65. The lowest BCUT2D eigenvalue weighted by Crippen LogP contribution is -2.27. The Bertz CT molecular complexity index is 339. The van der Waals surface area contributed by atoms with Gasteiger partial charge >= 0.3 is 0 Å². The molecular weight excluding hydrogens is 226 g/mol. The highest BCUT2D eigenvalue weighted by Gasteiger charge is 2.17. The van der Waals surface area contributed by atoms with Gasteiger partial charge < -0.3 is 15.2 Å². The second-order valence-corrected chi connectivity index (χ2v) is 4.63. The van der Waals surface area contributed by atoms with E-state index in [0.29, 0.717) is 0 Å². The van der Waals surface area contributed by atoms with E-state index in [2.05, 4.69) is 6.92 Å². The highest BCUT2D eigenvalue weighted by atomic mass is 16.5. The van der Waals surface area contributed by atoms with E-state index in [1.165, 1.54) is 12.8 Å². The fourth-order valence-corrected chi connectivity index (χ4v) is 1.93. The number of benzene rings is 1. The fourth-order valence-electron chi connectivity index (χ4n) is 1.93. The van der Waals surface area contributed by atoms with Crippen LogP contribution in [0, 0.1) is 0 Å². The zero-order valence-electron chi connectivity index (χ0n) is 11.7. The van der Waals surface area contributed by atoms with Gasteiger partial charge in [0.15, 0.2) is 0 Å². The Morgan fingerprint density at radius 1 is 1.28 bits per heavy atom. The first-order valence-corrected chi connectivity index (χ1v) is 6.70. The van der Waals surface area contributed by atoms with Gasteiger partial charge in [0, 0.05) is 12.6 Å². The van der Waals surface area contributed by atoms with Crippen LogP contribution in [0.3, 0.4) is 0 Å². The van der Waals surface area contributed by atoms with Gasteiger partial charge in [0.1, 0.15) is 5.75 Å². The average molecular weight is 251 g/mol. The summed E-state index contributed by atoms with van der Waals surface area (Å²) in [6.45, 7) is 4.92. The van der Waals surface area contributed by atoms with E-state index in [1.807, 2.05) is 31.2 Å². The molecule has 18 heavy (non-hydrogen) atoms. The van der Waals surface area contributed by atoms with E-state index in [9.17, 15) is 0 Å². The Kier molecular flexibility index (Phi) is 6.76. The van der Waals surface area contributed by atoms with Crippen molar-refractivity contribution < 1.29 is 9.47 Å². The van der Waals surface area contributed by atoms with Crippen LogP contribution >= 0.6 is 0 Å². The second-order valence-electron chi connectivity index (χ2n) is 4.63. The van der Waals surface area contributed by atoms with Crippen LogP contribution in [0.4, 0.5) is 0 Å². The van der Waals surface area contributed by atoms with Gasteiger partial charge in [-0.15, -0.1) is 0 Å². The number of hydrogen-bond acceptors (Lipinski definition) is 3. The summed E-state index contributed by atoms with van der Waals surface area (Å²) >= 11 is 0. The van der Waals surface area contributed by atoms with E-state index < -0.39 is 0 Å². The SMILES string of the molecule is CCCCCOC(c1cccc(OC)c1)C(C)N. The molecule has 0 fully saturated rings. The molecule has 1 aromatic rings. The van der Waals surface area contributed by atoms with Gasteiger partial charge in [0.2, 0.25) is 0 Å². The number of hydrogen-bond donors (Lipinski definition) is 1. The lowest BCUT2D eigenvalue weighted by molar-refractivity contribution is 0.0359.